The molecule has 0 aromatic heterocycles. The normalized spacial score (nSPS) is 20.7. The third-order valence-corrected chi connectivity index (χ3v) is 4.93. The van der Waals surface area contributed by atoms with Gasteiger partial charge in [-0.3, -0.25) is 9.59 Å². The van der Waals surface area contributed by atoms with Gasteiger partial charge in [0.15, 0.2) is 0 Å². The Morgan fingerprint density at radius 3 is 1.33 bits per heavy atom. The largest absolute Gasteiger partial charge is 0.399 e. The maximum absolute atomic E-state index is 11.1. The fraction of sp³-hybridized carbons (Fsp3) is 0.273. The van der Waals surface area contributed by atoms with Crippen LogP contribution < -0.4 is 22.3 Å². The van der Waals surface area contributed by atoms with Gasteiger partial charge in [-0.25, -0.2) is 10.9 Å². The molecule has 8 heteroatoms. The fourth-order valence-electron chi connectivity index (χ4n) is 3.31. The molecule has 2 aliphatic rings. The summed E-state index contributed by atoms with van der Waals surface area (Å²) in [5, 5.41) is 8.14. The van der Waals surface area contributed by atoms with Crippen molar-refractivity contribution in [1.82, 2.24) is 10.9 Å². The molecule has 0 fully saturated rings. The molecular formula is C22H26N6O2. The molecule has 2 amide bonds. The molecular weight excluding hydrogens is 380 g/mol. The van der Waals surface area contributed by atoms with Gasteiger partial charge in [0.2, 0.25) is 11.8 Å². The summed E-state index contributed by atoms with van der Waals surface area (Å²) in [4.78, 5) is 22.1. The molecule has 0 radical (unpaired) electrons. The first kappa shape index (κ1) is 21.0. The highest BCUT2D eigenvalue weighted by Gasteiger charge is 2.22. The van der Waals surface area contributed by atoms with Gasteiger partial charge in [0, 0.05) is 36.1 Å². The van der Waals surface area contributed by atoms with Crippen molar-refractivity contribution in [2.45, 2.75) is 26.7 Å². The second-order valence-electron chi connectivity index (χ2n) is 7.52. The van der Waals surface area contributed by atoms with Crippen LogP contribution in [0.1, 0.15) is 37.8 Å². The first-order valence-corrected chi connectivity index (χ1v) is 9.78. The summed E-state index contributed by atoms with van der Waals surface area (Å²) in [6, 6.07) is 15.0. The molecule has 0 saturated carbocycles. The van der Waals surface area contributed by atoms with E-state index >= 15 is 0 Å². The van der Waals surface area contributed by atoms with Crippen LogP contribution >= 0.6 is 0 Å². The maximum Gasteiger partial charge on any atom is 0.240 e. The van der Waals surface area contributed by atoms with E-state index in [4.69, 9.17) is 11.5 Å². The minimum absolute atomic E-state index is 0.0262. The number of amides is 2. The Hall–Kier alpha value is -3.68. The summed E-state index contributed by atoms with van der Waals surface area (Å²) in [6.07, 6.45) is 0.979. The van der Waals surface area contributed by atoms with Crippen molar-refractivity contribution in [3.05, 3.63) is 59.7 Å². The van der Waals surface area contributed by atoms with Crippen molar-refractivity contribution in [2.75, 3.05) is 11.5 Å². The third kappa shape index (κ3) is 5.22. The van der Waals surface area contributed by atoms with Crippen LogP contribution in [-0.4, -0.2) is 23.2 Å². The summed E-state index contributed by atoms with van der Waals surface area (Å²) in [7, 11) is 0. The first-order chi connectivity index (χ1) is 14.3. The van der Waals surface area contributed by atoms with Crippen LogP contribution in [0.25, 0.3) is 0 Å². The average Bonchev–Trinajstić information content (AvgIpc) is 2.70. The van der Waals surface area contributed by atoms with E-state index in [2.05, 4.69) is 21.1 Å². The molecule has 156 valence electrons. The lowest BCUT2D eigenvalue weighted by Gasteiger charge is -2.19. The number of carbonyl (C=O) groups is 2. The number of hydrogen-bond donors (Lipinski definition) is 4. The topological polar surface area (TPSA) is 135 Å². The predicted octanol–water partition coefficient (Wildman–Crippen LogP) is 2.26. The minimum atomic E-state index is -0.0262. The van der Waals surface area contributed by atoms with Crippen molar-refractivity contribution in [1.29, 1.82) is 0 Å². The fourth-order valence-corrected chi connectivity index (χ4v) is 3.31. The number of nitrogen functional groups attached to an aromatic ring is 2. The van der Waals surface area contributed by atoms with Gasteiger partial charge in [-0.05, 0) is 35.4 Å². The number of nitrogens with two attached hydrogens (primary N) is 2. The Balaban J connectivity index is 0.000000171. The molecule has 2 aromatic rings. The highest BCUT2D eigenvalue weighted by Crippen LogP contribution is 2.18. The molecule has 4 rings (SSSR count). The molecule has 0 bridgehead atoms. The molecule has 6 N–H and O–H groups in total. The van der Waals surface area contributed by atoms with E-state index in [0.29, 0.717) is 12.8 Å². The van der Waals surface area contributed by atoms with Gasteiger partial charge in [0.1, 0.15) is 0 Å². The summed E-state index contributed by atoms with van der Waals surface area (Å²) in [6.45, 7) is 3.99. The van der Waals surface area contributed by atoms with Gasteiger partial charge in [-0.15, -0.1) is 0 Å². The van der Waals surface area contributed by atoms with E-state index in [9.17, 15) is 9.59 Å². The first-order valence-electron chi connectivity index (χ1n) is 9.78. The summed E-state index contributed by atoms with van der Waals surface area (Å²) in [5.74, 6) is 0.258. The minimum Gasteiger partial charge on any atom is -0.399 e. The van der Waals surface area contributed by atoms with E-state index in [1.807, 2.05) is 62.4 Å². The number of nitrogens with one attached hydrogen (secondary N) is 2. The van der Waals surface area contributed by atoms with Crippen molar-refractivity contribution in [2.24, 2.45) is 22.0 Å². The van der Waals surface area contributed by atoms with Crippen LogP contribution in [0.2, 0.25) is 0 Å². The monoisotopic (exact) mass is 406 g/mol. The Kier molecular flexibility index (Phi) is 6.46. The van der Waals surface area contributed by atoms with Crippen molar-refractivity contribution >= 4 is 34.6 Å². The Morgan fingerprint density at radius 2 is 1.03 bits per heavy atom. The van der Waals surface area contributed by atoms with Crippen LogP contribution in [0.15, 0.2) is 58.7 Å². The Labute approximate surface area is 175 Å². The number of hydrazone groups is 2. The van der Waals surface area contributed by atoms with E-state index in [-0.39, 0.29) is 23.7 Å². The second-order valence-corrected chi connectivity index (χ2v) is 7.52. The molecule has 2 heterocycles. The van der Waals surface area contributed by atoms with E-state index in [0.717, 1.165) is 33.9 Å². The lowest BCUT2D eigenvalue weighted by Crippen LogP contribution is -2.31. The van der Waals surface area contributed by atoms with Gasteiger partial charge in [0.05, 0.1) is 11.4 Å². The quantitative estimate of drug-likeness (QED) is 0.569. The zero-order valence-corrected chi connectivity index (χ0v) is 17.1. The Morgan fingerprint density at radius 1 is 0.700 bits per heavy atom. The van der Waals surface area contributed by atoms with E-state index in [1.54, 1.807) is 0 Å². The Bertz CT molecular complexity index is 898. The highest BCUT2D eigenvalue weighted by atomic mass is 16.2. The molecule has 30 heavy (non-hydrogen) atoms. The number of nitrogens with zero attached hydrogens (tertiary/aromatic N) is 2. The highest BCUT2D eigenvalue weighted by molar-refractivity contribution is 6.06. The van der Waals surface area contributed by atoms with Crippen LogP contribution in [0.5, 0.6) is 0 Å². The third-order valence-electron chi connectivity index (χ3n) is 4.93. The molecule has 0 aliphatic carbocycles. The molecule has 0 spiro atoms. The van der Waals surface area contributed by atoms with E-state index < -0.39 is 0 Å². The number of carbonyl (C=O) groups excluding carboxylic acids is 2. The predicted molar refractivity (Wildman–Crippen MR) is 119 cm³/mol. The van der Waals surface area contributed by atoms with Crippen molar-refractivity contribution < 1.29 is 9.59 Å². The average molecular weight is 406 g/mol. The van der Waals surface area contributed by atoms with Crippen molar-refractivity contribution in [3.8, 4) is 0 Å². The van der Waals surface area contributed by atoms with Crippen LogP contribution in [0, 0.1) is 11.8 Å². The number of anilines is 2. The zero-order chi connectivity index (χ0) is 21.7. The number of benzene rings is 2. The lowest BCUT2D eigenvalue weighted by atomic mass is 9.94. The van der Waals surface area contributed by atoms with Crippen LogP contribution in [0.4, 0.5) is 11.4 Å². The van der Waals surface area contributed by atoms with Crippen molar-refractivity contribution in [3.63, 3.8) is 0 Å². The molecule has 0 saturated heterocycles. The molecule has 2 aliphatic heterocycles. The van der Waals surface area contributed by atoms with Gasteiger partial charge < -0.3 is 11.5 Å². The summed E-state index contributed by atoms with van der Waals surface area (Å²) in [5.41, 5.74) is 21.5. The maximum atomic E-state index is 11.1. The van der Waals surface area contributed by atoms with Crippen LogP contribution in [0.3, 0.4) is 0 Å². The standard InChI is InChI=1S/2C11H13N3O/c2*1-7-6-10(15)13-14-11(7)8-2-4-9(12)5-3-8/h2*2-5,7H,6,12H2,1H3,(H,13,15)/t2*7-/m00/s1. The molecule has 2 atom stereocenters. The number of rotatable bonds is 2. The molecule has 0 unspecified atom stereocenters. The second kappa shape index (κ2) is 9.21. The lowest BCUT2D eigenvalue weighted by molar-refractivity contribution is -0.122. The van der Waals surface area contributed by atoms with Gasteiger partial charge >= 0.3 is 0 Å². The van der Waals surface area contributed by atoms with E-state index in [1.165, 1.54) is 0 Å². The smallest absolute Gasteiger partial charge is 0.240 e. The van der Waals surface area contributed by atoms with Crippen LogP contribution in [-0.2, 0) is 9.59 Å². The summed E-state index contributed by atoms with van der Waals surface area (Å²) < 4.78 is 0. The van der Waals surface area contributed by atoms with Gasteiger partial charge in [-0.1, -0.05) is 38.1 Å². The zero-order valence-electron chi connectivity index (χ0n) is 17.1. The van der Waals surface area contributed by atoms with Gasteiger partial charge in [0.25, 0.3) is 0 Å². The molecule has 2 aromatic carbocycles. The van der Waals surface area contributed by atoms with Gasteiger partial charge in [-0.2, -0.15) is 10.2 Å². The summed E-state index contributed by atoms with van der Waals surface area (Å²) >= 11 is 0. The molecule has 8 nitrogen and oxygen atoms in total. The number of hydrogen-bond acceptors (Lipinski definition) is 6. The SMILES string of the molecule is C[C@H]1CC(=O)NN=C1c1ccc(N)cc1.C[C@H]1CC(=O)NN=C1c1ccc(N)cc1.